The van der Waals surface area contributed by atoms with Crippen LogP contribution >= 0.6 is 0 Å². The molecule has 24 heavy (non-hydrogen) atoms. The van der Waals surface area contributed by atoms with Gasteiger partial charge in [-0.1, -0.05) is 72.8 Å². The Morgan fingerprint density at radius 1 is 0.667 bits per heavy atom. The summed E-state index contributed by atoms with van der Waals surface area (Å²) in [5.41, 5.74) is 6.19. The van der Waals surface area contributed by atoms with Crippen LogP contribution in [-0.2, 0) is 0 Å². The molecular formula is C21H15LiN2. The third-order valence-electron chi connectivity index (χ3n) is 3.83. The van der Waals surface area contributed by atoms with Gasteiger partial charge in [-0.3, -0.25) is 4.98 Å². The van der Waals surface area contributed by atoms with Crippen LogP contribution in [0.15, 0.2) is 91.1 Å². The van der Waals surface area contributed by atoms with Crippen LogP contribution in [-0.4, -0.2) is 4.98 Å². The van der Waals surface area contributed by atoms with Gasteiger partial charge >= 0.3 is 18.9 Å². The standard InChI is InChI=1S/C21H15N2.Li/c1-3-9-16(10-4-1)18-15-20(17-11-5-2-6-12-17)23-21(18)19-13-7-8-14-22-19;/h1-15H;/q-1;+1. The number of hydrogen-bond donors (Lipinski definition) is 0. The van der Waals surface area contributed by atoms with E-state index in [1.165, 1.54) is 0 Å². The largest absolute Gasteiger partial charge is 1.00 e. The van der Waals surface area contributed by atoms with Crippen molar-refractivity contribution in [3.8, 4) is 33.8 Å². The molecule has 0 atom stereocenters. The Kier molecular flexibility index (Phi) is 5.01. The summed E-state index contributed by atoms with van der Waals surface area (Å²) in [6.45, 7) is 0. The molecule has 0 radical (unpaired) electrons. The summed E-state index contributed by atoms with van der Waals surface area (Å²) in [6.07, 6.45) is 1.81. The minimum absolute atomic E-state index is 0. The molecule has 0 spiro atoms. The summed E-state index contributed by atoms with van der Waals surface area (Å²) in [7, 11) is 0. The quantitative estimate of drug-likeness (QED) is 0.542. The Balaban J connectivity index is 0.00000169. The van der Waals surface area contributed by atoms with Crippen LogP contribution in [0, 0.1) is 0 Å². The van der Waals surface area contributed by atoms with Crippen molar-refractivity contribution in [2.45, 2.75) is 0 Å². The van der Waals surface area contributed by atoms with E-state index in [-0.39, 0.29) is 18.9 Å². The van der Waals surface area contributed by atoms with E-state index in [0.29, 0.717) is 0 Å². The van der Waals surface area contributed by atoms with Gasteiger partial charge in [-0.05, 0) is 28.8 Å². The maximum absolute atomic E-state index is 4.86. The van der Waals surface area contributed by atoms with E-state index < -0.39 is 0 Å². The topological polar surface area (TPSA) is 27.0 Å². The molecule has 110 valence electrons. The molecule has 0 unspecified atom stereocenters. The third kappa shape index (κ3) is 3.21. The smallest absolute Gasteiger partial charge is 0.655 e. The zero-order chi connectivity index (χ0) is 15.5. The monoisotopic (exact) mass is 302 g/mol. The third-order valence-corrected chi connectivity index (χ3v) is 3.83. The molecule has 0 aliphatic heterocycles. The zero-order valence-corrected chi connectivity index (χ0v) is 13.6. The van der Waals surface area contributed by atoms with Crippen molar-refractivity contribution < 1.29 is 18.9 Å². The number of hydrogen-bond acceptors (Lipinski definition) is 1. The Labute approximate surface area is 153 Å². The van der Waals surface area contributed by atoms with Crippen molar-refractivity contribution in [1.82, 2.24) is 9.97 Å². The van der Waals surface area contributed by atoms with Crippen molar-refractivity contribution in [3.63, 3.8) is 0 Å². The van der Waals surface area contributed by atoms with Gasteiger partial charge in [0.1, 0.15) is 0 Å². The van der Waals surface area contributed by atoms with Crippen LogP contribution in [0.25, 0.3) is 33.8 Å². The predicted octanol–water partition coefficient (Wildman–Crippen LogP) is 2.04. The van der Waals surface area contributed by atoms with Gasteiger partial charge in [0, 0.05) is 11.9 Å². The summed E-state index contributed by atoms with van der Waals surface area (Å²) < 4.78 is 0. The molecule has 2 heterocycles. The fourth-order valence-electron chi connectivity index (χ4n) is 2.71. The average molecular weight is 302 g/mol. The van der Waals surface area contributed by atoms with Gasteiger partial charge in [0.25, 0.3) is 0 Å². The summed E-state index contributed by atoms with van der Waals surface area (Å²) >= 11 is 0. The van der Waals surface area contributed by atoms with Gasteiger partial charge in [-0.25, -0.2) is 0 Å². The molecule has 0 saturated carbocycles. The molecule has 0 saturated heterocycles. The Bertz CT molecular complexity index is 844. The maximum Gasteiger partial charge on any atom is 1.00 e. The minimum Gasteiger partial charge on any atom is -0.655 e. The summed E-state index contributed by atoms with van der Waals surface area (Å²) in [4.78, 5) is 9.34. The van der Waals surface area contributed by atoms with Crippen LogP contribution in [0.2, 0.25) is 0 Å². The van der Waals surface area contributed by atoms with E-state index in [2.05, 4.69) is 35.3 Å². The second kappa shape index (κ2) is 7.36. The van der Waals surface area contributed by atoms with E-state index in [0.717, 1.165) is 33.8 Å². The van der Waals surface area contributed by atoms with Crippen LogP contribution in [0.5, 0.6) is 0 Å². The molecule has 0 N–H and O–H groups in total. The molecule has 2 aromatic heterocycles. The van der Waals surface area contributed by atoms with E-state index in [9.17, 15) is 0 Å². The second-order valence-corrected chi connectivity index (χ2v) is 5.35. The first-order valence-electron chi connectivity index (χ1n) is 7.62. The van der Waals surface area contributed by atoms with Gasteiger partial charge in [0.15, 0.2) is 0 Å². The van der Waals surface area contributed by atoms with Gasteiger partial charge in [-0.15, -0.1) is 11.4 Å². The minimum atomic E-state index is 0. The fraction of sp³-hybridized carbons (Fsp3) is 0. The van der Waals surface area contributed by atoms with E-state index in [1.54, 1.807) is 6.20 Å². The van der Waals surface area contributed by atoms with Gasteiger partial charge in [-0.2, -0.15) is 0 Å². The summed E-state index contributed by atoms with van der Waals surface area (Å²) in [6, 6.07) is 28.7. The molecule has 0 aliphatic carbocycles. The van der Waals surface area contributed by atoms with Crippen molar-refractivity contribution >= 4 is 0 Å². The van der Waals surface area contributed by atoms with Crippen LogP contribution < -0.4 is 23.8 Å². The van der Waals surface area contributed by atoms with E-state index in [4.69, 9.17) is 4.98 Å². The fourth-order valence-corrected chi connectivity index (χ4v) is 2.71. The van der Waals surface area contributed by atoms with Gasteiger partial charge < -0.3 is 4.98 Å². The molecule has 3 heteroatoms. The Hall–Kier alpha value is -2.53. The van der Waals surface area contributed by atoms with Gasteiger partial charge in [0.05, 0.1) is 0 Å². The Morgan fingerprint density at radius 2 is 1.29 bits per heavy atom. The summed E-state index contributed by atoms with van der Waals surface area (Å²) in [5.74, 6) is 0. The molecular weight excluding hydrogens is 287 g/mol. The molecule has 4 aromatic rings. The molecule has 0 bridgehead atoms. The molecule has 2 aromatic carbocycles. The molecule has 0 amide bonds. The molecule has 2 nitrogen and oxygen atoms in total. The first-order valence-corrected chi connectivity index (χ1v) is 7.62. The summed E-state index contributed by atoms with van der Waals surface area (Å²) in [5, 5.41) is 0. The number of aromatic nitrogens is 2. The van der Waals surface area contributed by atoms with E-state index in [1.807, 2.05) is 54.6 Å². The number of pyridine rings is 1. The van der Waals surface area contributed by atoms with Crippen molar-refractivity contribution in [1.29, 1.82) is 0 Å². The van der Waals surface area contributed by atoms with Crippen LogP contribution in [0.4, 0.5) is 0 Å². The first kappa shape index (κ1) is 16.3. The normalized spacial score (nSPS) is 10.2. The predicted molar refractivity (Wildman–Crippen MR) is 93.9 cm³/mol. The van der Waals surface area contributed by atoms with Gasteiger partial charge in [0.2, 0.25) is 0 Å². The van der Waals surface area contributed by atoms with Crippen LogP contribution in [0.1, 0.15) is 0 Å². The van der Waals surface area contributed by atoms with Crippen molar-refractivity contribution in [3.05, 3.63) is 91.1 Å². The van der Waals surface area contributed by atoms with Crippen molar-refractivity contribution in [2.75, 3.05) is 0 Å². The SMILES string of the molecule is [Li+].c1ccc(-c2cc(-c3ccccc3)c(-c3ccccn3)[n-]2)cc1. The molecule has 0 aliphatic rings. The van der Waals surface area contributed by atoms with Crippen molar-refractivity contribution in [2.24, 2.45) is 0 Å². The second-order valence-electron chi connectivity index (χ2n) is 5.35. The number of rotatable bonds is 3. The number of nitrogens with zero attached hydrogens (tertiary/aromatic N) is 2. The zero-order valence-electron chi connectivity index (χ0n) is 13.6. The maximum atomic E-state index is 4.86. The molecule has 4 rings (SSSR count). The number of benzene rings is 2. The molecule has 0 fully saturated rings. The van der Waals surface area contributed by atoms with Crippen LogP contribution in [0.3, 0.4) is 0 Å². The van der Waals surface area contributed by atoms with E-state index >= 15 is 0 Å². The Morgan fingerprint density at radius 3 is 1.92 bits per heavy atom. The average Bonchev–Trinajstić information content (AvgIpc) is 3.09. The first-order chi connectivity index (χ1) is 11.4.